The van der Waals surface area contributed by atoms with Crippen LogP contribution in [0.4, 0.5) is 18.9 Å². The fraction of sp³-hybridized carbons (Fsp3) is 0.412. The normalized spacial score (nSPS) is 12.5. The molecule has 0 saturated carbocycles. The highest BCUT2D eigenvalue weighted by atomic mass is 32.2. The van der Waals surface area contributed by atoms with Gasteiger partial charge in [-0.25, -0.2) is 0 Å². The molecule has 26 heavy (non-hydrogen) atoms. The Morgan fingerprint density at radius 2 is 2.08 bits per heavy atom. The maximum Gasteiger partial charge on any atom is 0.392 e. The molecule has 0 unspecified atom stereocenters. The van der Waals surface area contributed by atoms with Gasteiger partial charge in [0.05, 0.1) is 30.9 Å². The topological polar surface area (TPSA) is 73.9 Å². The van der Waals surface area contributed by atoms with Crippen molar-refractivity contribution in [2.75, 3.05) is 32.3 Å². The van der Waals surface area contributed by atoms with Crippen molar-refractivity contribution < 1.29 is 27.4 Å². The molecule has 0 aliphatic heterocycles. The highest BCUT2D eigenvalue weighted by molar-refractivity contribution is 8.13. The molecule has 5 nitrogen and oxygen atoms in total. The van der Waals surface area contributed by atoms with Gasteiger partial charge < -0.3 is 15.2 Å². The van der Waals surface area contributed by atoms with E-state index in [0.717, 1.165) is 6.08 Å². The van der Waals surface area contributed by atoms with Crippen LogP contribution in [0.15, 0.2) is 23.2 Å². The average Bonchev–Trinajstić information content (AvgIpc) is 2.56. The molecule has 9 heteroatoms. The van der Waals surface area contributed by atoms with Crippen molar-refractivity contribution in [2.24, 2.45) is 4.99 Å². The lowest BCUT2D eigenvalue weighted by molar-refractivity contribution is -0.141. The first-order valence-corrected chi connectivity index (χ1v) is 8.90. The van der Waals surface area contributed by atoms with Crippen LogP contribution in [0.3, 0.4) is 0 Å². The van der Waals surface area contributed by atoms with Gasteiger partial charge in [-0.15, -0.1) is 11.8 Å². The molecule has 1 aromatic rings. The van der Waals surface area contributed by atoms with Gasteiger partial charge in [-0.1, -0.05) is 12.2 Å². The summed E-state index contributed by atoms with van der Waals surface area (Å²) in [5.41, 5.74) is 7.09. The monoisotopic (exact) mass is 390 g/mol. The number of halogens is 3. The molecule has 0 atom stereocenters. The van der Waals surface area contributed by atoms with Gasteiger partial charge in [0.2, 0.25) is 0 Å². The first-order chi connectivity index (χ1) is 12.2. The lowest BCUT2D eigenvalue weighted by Crippen LogP contribution is -2.11. The van der Waals surface area contributed by atoms with E-state index in [4.69, 9.17) is 15.2 Å². The van der Waals surface area contributed by atoms with Crippen molar-refractivity contribution in [3.63, 3.8) is 0 Å². The van der Waals surface area contributed by atoms with Crippen molar-refractivity contribution in [2.45, 2.75) is 19.5 Å². The van der Waals surface area contributed by atoms with E-state index in [-0.39, 0.29) is 18.8 Å². The maximum atomic E-state index is 12.4. The van der Waals surface area contributed by atoms with Crippen molar-refractivity contribution in [1.29, 1.82) is 0 Å². The number of nitrogens with zero attached hydrogens (tertiary/aromatic N) is 1. The first-order valence-electron chi connectivity index (χ1n) is 7.67. The molecule has 0 heterocycles. The molecule has 0 radical (unpaired) electrons. The number of rotatable bonds is 7. The van der Waals surface area contributed by atoms with Crippen LogP contribution in [-0.4, -0.2) is 43.7 Å². The summed E-state index contributed by atoms with van der Waals surface area (Å²) in [4.78, 5) is 15.7. The summed E-state index contributed by atoms with van der Waals surface area (Å²) in [5, 5.41) is 0.457. The maximum absolute atomic E-state index is 12.4. The smallest absolute Gasteiger partial charge is 0.392 e. The third kappa shape index (κ3) is 6.62. The van der Waals surface area contributed by atoms with Crippen LogP contribution in [0.2, 0.25) is 0 Å². The molecule has 0 bridgehead atoms. The standard InChI is InChI=1S/C17H21F3N2O3S/c1-4-25-14(23)10-22-16(26-3)12-7-8-13(24-2)15(21)11(12)6-5-9-17(18,19)20/h5-8H,4,9-10,21H2,1-3H3/b6-5-,22-16?. The van der Waals surface area contributed by atoms with Crippen LogP contribution < -0.4 is 10.5 Å². The minimum Gasteiger partial charge on any atom is -0.495 e. The summed E-state index contributed by atoms with van der Waals surface area (Å²) in [6, 6.07) is 3.24. The number of hydrogen-bond acceptors (Lipinski definition) is 6. The largest absolute Gasteiger partial charge is 0.495 e. The molecular weight excluding hydrogens is 369 g/mol. The van der Waals surface area contributed by atoms with Crippen molar-refractivity contribution in [3.8, 4) is 5.75 Å². The van der Waals surface area contributed by atoms with E-state index in [0.29, 0.717) is 21.9 Å². The molecule has 0 aromatic heterocycles. The van der Waals surface area contributed by atoms with E-state index in [2.05, 4.69) is 4.99 Å². The highest BCUT2D eigenvalue weighted by Crippen LogP contribution is 2.32. The van der Waals surface area contributed by atoms with Crippen LogP contribution in [0, 0.1) is 0 Å². The number of esters is 1. The number of allylic oxidation sites excluding steroid dienone is 1. The lowest BCUT2D eigenvalue weighted by atomic mass is 10.0. The Hall–Kier alpha value is -2.16. The summed E-state index contributed by atoms with van der Waals surface area (Å²) in [6.07, 6.45) is -1.38. The summed E-state index contributed by atoms with van der Waals surface area (Å²) in [7, 11) is 1.42. The van der Waals surface area contributed by atoms with E-state index in [1.165, 1.54) is 24.9 Å². The van der Waals surface area contributed by atoms with E-state index >= 15 is 0 Å². The Morgan fingerprint density at radius 1 is 1.38 bits per heavy atom. The summed E-state index contributed by atoms with van der Waals surface area (Å²) < 4.78 is 47.2. The number of anilines is 1. The highest BCUT2D eigenvalue weighted by Gasteiger charge is 2.25. The number of alkyl halides is 3. The van der Waals surface area contributed by atoms with Gasteiger partial charge in [0.1, 0.15) is 12.3 Å². The predicted molar refractivity (Wildman–Crippen MR) is 98.7 cm³/mol. The molecule has 0 fully saturated rings. The number of aliphatic imine (C=N–C) groups is 1. The second-order valence-electron chi connectivity index (χ2n) is 4.99. The molecule has 1 aromatic carbocycles. The van der Waals surface area contributed by atoms with Crippen molar-refractivity contribution >= 4 is 34.5 Å². The lowest BCUT2D eigenvalue weighted by Gasteiger charge is -2.14. The summed E-state index contributed by atoms with van der Waals surface area (Å²) >= 11 is 1.25. The number of hydrogen-bond donors (Lipinski definition) is 1. The predicted octanol–water partition coefficient (Wildman–Crippen LogP) is 3.92. The zero-order valence-electron chi connectivity index (χ0n) is 14.7. The fourth-order valence-corrected chi connectivity index (χ4v) is 2.67. The van der Waals surface area contributed by atoms with E-state index in [1.54, 1.807) is 25.3 Å². The van der Waals surface area contributed by atoms with Crippen LogP contribution in [0.5, 0.6) is 5.75 Å². The van der Waals surface area contributed by atoms with Crippen LogP contribution >= 0.6 is 11.8 Å². The summed E-state index contributed by atoms with van der Waals surface area (Å²) in [5.74, 6) is -0.152. The molecular formula is C17H21F3N2O3S. The Bertz CT molecular complexity index is 689. The van der Waals surface area contributed by atoms with Crippen molar-refractivity contribution in [3.05, 3.63) is 29.3 Å². The Kier molecular flexibility index (Phi) is 8.50. The van der Waals surface area contributed by atoms with Gasteiger partial charge in [0.25, 0.3) is 0 Å². The number of nitrogen functional groups attached to an aromatic ring is 1. The average molecular weight is 390 g/mol. The van der Waals surface area contributed by atoms with E-state index in [1.807, 2.05) is 0 Å². The zero-order chi connectivity index (χ0) is 19.7. The second kappa shape index (κ2) is 10.1. The number of carbonyl (C=O) groups is 1. The minimum absolute atomic E-state index is 0.193. The number of nitrogens with two attached hydrogens (primary N) is 1. The molecule has 0 amide bonds. The molecule has 0 aliphatic carbocycles. The Morgan fingerprint density at radius 3 is 2.62 bits per heavy atom. The van der Waals surface area contributed by atoms with Crippen LogP contribution in [0.1, 0.15) is 24.5 Å². The minimum atomic E-state index is -4.31. The first kappa shape index (κ1) is 21.9. The van der Waals surface area contributed by atoms with Gasteiger partial charge in [-0.05, 0) is 25.3 Å². The molecule has 144 valence electrons. The SMILES string of the molecule is CCOC(=O)CN=C(SC)c1ccc(OC)c(N)c1/C=C\CC(F)(F)F. The number of benzene rings is 1. The molecule has 2 N–H and O–H groups in total. The van der Waals surface area contributed by atoms with Gasteiger partial charge in [-0.2, -0.15) is 13.2 Å². The third-order valence-corrected chi connectivity index (χ3v) is 3.92. The van der Waals surface area contributed by atoms with Crippen LogP contribution in [0.25, 0.3) is 6.08 Å². The van der Waals surface area contributed by atoms with Gasteiger partial charge >= 0.3 is 12.1 Å². The molecule has 0 aliphatic rings. The second-order valence-corrected chi connectivity index (χ2v) is 5.79. The molecule has 0 spiro atoms. The van der Waals surface area contributed by atoms with Crippen LogP contribution in [-0.2, 0) is 9.53 Å². The van der Waals surface area contributed by atoms with E-state index < -0.39 is 18.6 Å². The Labute approximate surface area is 154 Å². The number of carbonyl (C=O) groups excluding carboxylic acids is 1. The number of thioether (sulfide) groups is 1. The summed E-state index contributed by atoms with van der Waals surface area (Å²) in [6.45, 7) is 1.73. The van der Waals surface area contributed by atoms with Gasteiger partial charge in [-0.3, -0.25) is 9.79 Å². The number of ether oxygens (including phenoxy) is 2. The molecule has 1 rings (SSSR count). The zero-order valence-corrected chi connectivity index (χ0v) is 15.5. The third-order valence-electron chi connectivity index (χ3n) is 3.18. The number of methoxy groups -OCH3 is 1. The Balaban J connectivity index is 3.28. The quantitative estimate of drug-likeness (QED) is 0.331. The van der Waals surface area contributed by atoms with E-state index in [9.17, 15) is 18.0 Å². The van der Waals surface area contributed by atoms with Gasteiger partial charge in [0, 0.05) is 11.1 Å². The fourth-order valence-electron chi connectivity index (χ4n) is 2.07. The van der Waals surface area contributed by atoms with Crippen molar-refractivity contribution in [1.82, 2.24) is 0 Å². The molecule has 0 saturated heterocycles. The van der Waals surface area contributed by atoms with Gasteiger partial charge in [0.15, 0.2) is 0 Å².